The summed E-state index contributed by atoms with van der Waals surface area (Å²) in [4.78, 5) is 23.2. The summed E-state index contributed by atoms with van der Waals surface area (Å²) in [6.07, 6.45) is 2.03. The molecule has 2 heterocycles. The second-order valence-corrected chi connectivity index (χ2v) is 5.14. The molecule has 0 radical (unpaired) electrons. The lowest BCUT2D eigenvalue weighted by Gasteiger charge is -2.09. The number of anilines is 1. The number of aliphatic hydroxyl groups is 1. The lowest BCUT2D eigenvalue weighted by molar-refractivity contribution is 0.0699. The Morgan fingerprint density at radius 1 is 1.35 bits per heavy atom. The van der Waals surface area contributed by atoms with Crippen LogP contribution in [0, 0.1) is 0 Å². The fourth-order valence-electron chi connectivity index (χ4n) is 2.50. The van der Waals surface area contributed by atoms with Crippen LogP contribution in [0.1, 0.15) is 28.7 Å². The Balaban J connectivity index is 2.32. The van der Waals surface area contributed by atoms with E-state index in [1.807, 2.05) is 6.92 Å². The number of benzene rings is 1. The summed E-state index contributed by atoms with van der Waals surface area (Å²) in [5, 5.41) is 19.1. The zero-order chi connectivity index (χ0) is 16.6. The average molecular weight is 312 g/mol. The predicted octanol–water partition coefficient (Wildman–Crippen LogP) is 1.96. The van der Waals surface area contributed by atoms with E-state index in [2.05, 4.69) is 15.0 Å². The van der Waals surface area contributed by atoms with Crippen molar-refractivity contribution in [3.05, 3.63) is 41.3 Å². The molecule has 0 amide bonds. The van der Waals surface area contributed by atoms with Gasteiger partial charge in [0.15, 0.2) is 0 Å². The first-order valence-electron chi connectivity index (χ1n) is 7.16. The predicted molar refractivity (Wildman–Crippen MR) is 86.0 cm³/mol. The van der Waals surface area contributed by atoms with Gasteiger partial charge in [-0.25, -0.2) is 14.8 Å². The number of carboxylic acid groups (broad SMARTS) is 1. The van der Waals surface area contributed by atoms with E-state index >= 15 is 0 Å². The maximum Gasteiger partial charge on any atom is 0.338 e. The maximum absolute atomic E-state index is 11.4. The number of nitrogens with two attached hydrogens (primary N) is 1. The van der Waals surface area contributed by atoms with Crippen LogP contribution in [0.2, 0.25) is 0 Å². The van der Waals surface area contributed by atoms with Gasteiger partial charge in [0, 0.05) is 29.4 Å². The lowest BCUT2D eigenvalue weighted by Crippen LogP contribution is -2.01. The molecule has 2 aromatic heterocycles. The first-order chi connectivity index (χ1) is 11.0. The number of hydrogen-bond acceptors (Lipinski definition) is 5. The van der Waals surface area contributed by atoms with Crippen molar-refractivity contribution < 1.29 is 15.0 Å². The molecule has 0 aliphatic rings. The van der Waals surface area contributed by atoms with E-state index in [-0.39, 0.29) is 12.2 Å². The summed E-state index contributed by atoms with van der Waals surface area (Å²) in [5.74, 6) is -0.443. The first kappa shape index (κ1) is 15.0. The minimum Gasteiger partial charge on any atom is -0.478 e. The second kappa shape index (κ2) is 5.69. The number of carbonyl (C=O) groups is 1. The Labute approximate surface area is 131 Å². The van der Waals surface area contributed by atoms with Gasteiger partial charge in [-0.2, -0.15) is 0 Å². The van der Waals surface area contributed by atoms with Crippen molar-refractivity contribution in [3.8, 4) is 11.3 Å². The number of nitrogens with one attached hydrogen (secondary N) is 1. The highest BCUT2D eigenvalue weighted by atomic mass is 16.4. The average Bonchev–Trinajstić information content (AvgIpc) is 2.97. The fraction of sp³-hybridized carbons (Fsp3) is 0.188. The smallest absolute Gasteiger partial charge is 0.338 e. The van der Waals surface area contributed by atoms with Crippen LogP contribution in [0.25, 0.3) is 22.3 Å². The van der Waals surface area contributed by atoms with E-state index in [1.54, 1.807) is 18.2 Å². The number of nitrogen functional groups attached to an aromatic ring is 1. The molecule has 0 saturated carbocycles. The fourth-order valence-corrected chi connectivity index (χ4v) is 2.50. The van der Waals surface area contributed by atoms with Gasteiger partial charge in [-0.3, -0.25) is 0 Å². The van der Waals surface area contributed by atoms with Gasteiger partial charge >= 0.3 is 5.97 Å². The molecule has 0 aliphatic heterocycles. The molecule has 0 aliphatic carbocycles. The molecule has 118 valence electrons. The van der Waals surface area contributed by atoms with Crippen molar-refractivity contribution in [2.45, 2.75) is 20.0 Å². The molecule has 0 bridgehead atoms. The van der Waals surface area contributed by atoms with E-state index in [0.29, 0.717) is 45.8 Å². The van der Waals surface area contributed by atoms with Crippen molar-refractivity contribution in [2.75, 3.05) is 5.73 Å². The Hall–Kier alpha value is -2.93. The number of aromatic carboxylic acids is 1. The Morgan fingerprint density at radius 2 is 2.13 bits per heavy atom. The number of aliphatic hydroxyl groups excluding tert-OH is 1. The van der Waals surface area contributed by atoms with Crippen molar-refractivity contribution in [1.82, 2.24) is 15.0 Å². The topological polar surface area (TPSA) is 125 Å². The quantitative estimate of drug-likeness (QED) is 0.546. The van der Waals surface area contributed by atoms with E-state index < -0.39 is 5.97 Å². The van der Waals surface area contributed by atoms with Gasteiger partial charge in [0.05, 0.1) is 23.3 Å². The van der Waals surface area contributed by atoms with Crippen molar-refractivity contribution >= 4 is 22.7 Å². The SMILES string of the molecule is CCc1nc(-c2ccc(CO)c(N)c2)c2c(C(=O)O)c[nH]c2n1. The van der Waals surface area contributed by atoms with Crippen molar-refractivity contribution in [2.24, 2.45) is 0 Å². The third-order valence-corrected chi connectivity index (χ3v) is 3.71. The third-order valence-electron chi connectivity index (χ3n) is 3.71. The van der Waals surface area contributed by atoms with Crippen LogP contribution in [0.3, 0.4) is 0 Å². The summed E-state index contributed by atoms with van der Waals surface area (Å²) < 4.78 is 0. The van der Waals surface area contributed by atoms with Crippen molar-refractivity contribution in [1.29, 1.82) is 0 Å². The monoisotopic (exact) mass is 312 g/mol. The summed E-state index contributed by atoms with van der Waals surface area (Å²) >= 11 is 0. The number of H-pyrrole nitrogens is 1. The number of carboxylic acids is 1. The molecule has 7 heteroatoms. The Morgan fingerprint density at radius 3 is 2.74 bits per heavy atom. The van der Waals surface area contributed by atoms with Gasteiger partial charge in [0.25, 0.3) is 0 Å². The molecule has 5 N–H and O–H groups in total. The zero-order valence-corrected chi connectivity index (χ0v) is 12.5. The molecular weight excluding hydrogens is 296 g/mol. The highest BCUT2D eigenvalue weighted by Gasteiger charge is 2.19. The molecule has 7 nitrogen and oxygen atoms in total. The summed E-state index contributed by atoms with van der Waals surface area (Å²) in [6.45, 7) is 1.77. The number of aryl methyl sites for hydroxylation is 1. The van der Waals surface area contributed by atoms with Gasteiger partial charge in [0.2, 0.25) is 0 Å². The highest BCUT2D eigenvalue weighted by molar-refractivity contribution is 6.07. The molecule has 1 aromatic carbocycles. The number of rotatable bonds is 4. The molecule has 0 spiro atoms. The number of fused-ring (bicyclic) bond motifs is 1. The summed E-state index contributed by atoms with van der Waals surface area (Å²) in [7, 11) is 0. The van der Waals surface area contributed by atoms with E-state index in [9.17, 15) is 15.0 Å². The van der Waals surface area contributed by atoms with Gasteiger partial charge in [-0.05, 0) is 6.07 Å². The Bertz CT molecular complexity index is 902. The van der Waals surface area contributed by atoms with Crippen LogP contribution in [-0.2, 0) is 13.0 Å². The highest BCUT2D eigenvalue weighted by Crippen LogP contribution is 2.31. The minimum atomic E-state index is -1.05. The maximum atomic E-state index is 11.4. The number of aromatic nitrogens is 3. The van der Waals surface area contributed by atoms with Crippen LogP contribution < -0.4 is 5.73 Å². The van der Waals surface area contributed by atoms with Crippen LogP contribution in [0.4, 0.5) is 5.69 Å². The second-order valence-electron chi connectivity index (χ2n) is 5.14. The van der Waals surface area contributed by atoms with Crippen molar-refractivity contribution in [3.63, 3.8) is 0 Å². The van der Waals surface area contributed by atoms with E-state index in [4.69, 9.17) is 5.73 Å². The molecule has 0 atom stereocenters. The van der Waals surface area contributed by atoms with Crippen LogP contribution >= 0.6 is 0 Å². The molecular formula is C16H16N4O3. The number of nitrogens with zero attached hydrogens (tertiary/aromatic N) is 2. The van der Waals surface area contributed by atoms with Gasteiger partial charge in [-0.1, -0.05) is 19.1 Å². The summed E-state index contributed by atoms with van der Waals surface area (Å²) in [5.41, 5.74) is 8.77. The van der Waals surface area contributed by atoms with Crippen LogP contribution in [-0.4, -0.2) is 31.1 Å². The lowest BCUT2D eigenvalue weighted by atomic mass is 10.0. The largest absolute Gasteiger partial charge is 0.478 e. The molecule has 3 rings (SSSR count). The van der Waals surface area contributed by atoms with Gasteiger partial charge in [-0.15, -0.1) is 0 Å². The standard InChI is InChI=1S/C16H16N4O3/c1-2-12-19-14(8-3-4-9(7-21)11(17)5-8)13-10(16(22)23)6-18-15(13)20-12/h3-6,21H,2,7,17H2,1H3,(H,22,23)(H,18,19,20). The number of aromatic amines is 1. The van der Waals surface area contributed by atoms with E-state index in [1.165, 1.54) is 6.20 Å². The zero-order valence-electron chi connectivity index (χ0n) is 12.5. The first-order valence-corrected chi connectivity index (χ1v) is 7.16. The molecule has 23 heavy (non-hydrogen) atoms. The number of hydrogen-bond donors (Lipinski definition) is 4. The Kier molecular flexibility index (Phi) is 3.71. The normalized spacial score (nSPS) is 11.0. The molecule has 3 aromatic rings. The van der Waals surface area contributed by atoms with E-state index in [0.717, 1.165) is 0 Å². The minimum absolute atomic E-state index is 0.113. The molecule has 0 fully saturated rings. The van der Waals surface area contributed by atoms with Crippen LogP contribution in [0.15, 0.2) is 24.4 Å². The van der Waals surface area contributed by atoms with Crippen LogP contribution in [0.5, 0.6) is 0 Å². The molecule has 0 unspecified atom stereocenters. The third kappa shape index (κ3) is 2.51. The van der Waals surface area contributed by atoms with Gasteiger partial charge < -0.3 is 20.9 Å². The van der Waals surface area contributed by atoms with Gasteiger partial charge in [0.1, 0.15) is 11.5 Å². The summed E-state index contributed by atoms with van der Waals surface area (Å²) in [6, 6.07) is 5.16. The molecule has 0 saturated heterocycles.